The number of thioether (sulfide) groups is 2. The fraction of sp³-hybridized carbons (Fsp3) is 0.429. The molecule has 0 bridgehead atoms. The molecule has 0 atom stereocenters. The Morgan fingerprint density at radius 2 is 2.00 bits per heavy atom. The van der Waals surface area contributed by atoms with Crippen molar-refractivity contribution in [1.82, 2.24) is 9.99 Å². The summed E-state index contributed by atoms with van der Waals surface area (Å²) in [4.78, 5) is 12.0. The lowest BCUT2D eigenvalue weighted by atomic mass is 10.2. The van der Waals surface area contributed by atoms with Crippen molar-refractivity contribution in [1.29, 1.82) is 0 Å². The predicted octanol–water partition coefficient (Wildman–Crippen LogP) is 3.76. The van der Waals surface area contributed by atoms with Gasteiger partial charge in [-0.25, -0.2) is 5.43 Å². The third-order valence-electron chi connectivity index (χ3n) is 4.67. The van der Waals surface area contributed by atoms with E-state index in [4.69, 9.17) is 9.47 Å². The highest BCUT2D eigenvalue weighted by atomic mass is 32.2. The standard InChI is InChI=1S/C21H27N3O3S2/c1-15-12-18(16(2)24(15)8-9-26-3)13-22-23-20(25)14-27-19-6-4-17(5-7-19)21-28-10-11-29-21/h4-7,12-13,21H,8-11,14H2,1-3H3,(H,23,25)/b22-13-. The first-order valence-corrected chi connectivity index (χ1v) is 11.6. The van der Waals surface area contributed by atoms with Gasteiger partial charge in [0.05, 0.1) is 17.4 Å². The van der Waals surface area contributed by atoms with Gasteiger partial charge in [0, 0.05) is 42.1 Å². The van der Waals surface area contributed by atoms with E-state index in [1.54, 1.807) is 13.3 Å². The molecule has 1 aromatic heterocycles. The first-order chi connectivity index (χ1) is 14.1. The number of amides is 1. The van der Waals surface area contributed by atoms with Crippen LogP contribution in [0.25, 0.3) is 0 Å². The summed E-state index contributed by atoms with van der Waals surface area (Å²) in [5.74, 6) is 2.79. The van der Waals surface area contributed by atoms with E-state index in [-0.39, 0.29) is 12.5 Å². The minimum atomic E-state index is -0.291. The first kappa shape index (κ1) is 21.8. The molecule has 156 valence electrons. The summed E-state index contributed by atoms with van der Waals surface area (Å²) >= 11 is 3.94. The van der Waals surface area contributed by atoms with Crippen LogP contribution in [0.2, 0.25) is 0 Å². The number of aromatic nitrogens is 1. The Bertz CT molecular complexity index is 844. The minimum absolute atomic E-state index is 0.0729. The number of aryl methyl sites for hydroxylation is 1. The van der Waals surface area contributed by atoms with Gasteiger partial charge < -0.3 is 14.0 Å². The lowest BCUT2D eigenvalue weighted by Crippen LogP contribution is -2.24. The monoisotopic (exact) mass is 433 g/mol. The van der Waals surface area contributed by atoms with E-state index in [1.807, 2.05) is 55.6 Å². The smallest absolute Gasteiger partial charge is 0.277 e. The first-order valence-electron chi connectivity index (χ1n) is 9.52. The number of carbonyl (C=O) groups is 1. The summed E-state index contributed by atoms with van der Waals surface area (Å²) in [7, 11) is 1.69. The second-order valence-electron chi connectivity index (χ2n) is 6.70. The number of hydrogen-bond acceptors (Lipinski definition) is 6. The second-order valence-corrected chi connectivity index (χ2v) is 9.42. The Morgan fingerprint density at radius 1 is 1.28 bits per heavy atom. The van der Waals surface area contributed by atoms with E-state index in [0.717, 1.165) is 23.5 Å². The molecule has 29 heavy (non-hydrogen) atoms. The molecule has 1 fully saturated rings. The van der Waals surface area contributed by atoms with Crippen LogP contribution in [-0.4, -0.2) is 48.5 Å². The van der Waals surface area contributed by atoms with Gasteiger partial charge in [0.15, 0.2) is 6.61 Å². The highest BCUT2D eigenvalue weighted by Gasteiger charge is 2.18. The van der Waals surface area contributed by atoms with Crippen LogP contribution in [0, 0.1) is 13.8 Å². The van der Waals surface area contributed by atoms with E-state index < -0.39 is 0 Å². The Morgan fingerprint density at radius 3 is 2.69 bits per heavy atom. The third-order valence-corrected chi connectivity index (χ3v) is 7.77. The second kappa shape index (κ2) is 10.8. The van der Waals surface area contributed by atoms with Gasteiger partial charge in [0.1, 0.15) is 5.75 Å². The van der Waals surface area contributed by atoms with Crippen LogP contribution < -0.4 is 10.2 Å². The molecule has 6 nitrogen and oxygen atoms in total. The Kier molecular flexibility index (Phi) is 8.09. The molecule has 0 saturated carbocycles. The molecular weight excluding hydrogens is 406 g/mol. The zero-order valence-electron chi connectivity index (χ0n) is 17.0. The molecule has 1 amide bonds. The fourth-order valence-electron chi connectivity index (χ4n) is 3.11. The lowest BCUT2D eigenvalue weighted by Gasteiger charge is -2.10. The van der Waals surface area contributed by atoms with Crippen molar-refractivity contribution in [3.63, 3.8) is 0 Å². The number of benzene rings is 1. The number of ether oxygens (including phenoxy) is 2. The fourth-order valence-corrected chi connectivity index (χ4v) is 5.97. The van der Waals surface area contributed by atoms with Crippen molar-refractivity contribution < 1.29 is 14.3 Å². The average molecular weight is 434 g/mol. The molecular formula is C21H27N3O3S2. The quantitative estimate of drug-likeness (QED) is 0.482. The van der Waals surface area contributed by atoms with Crippen LogP contribution in [0.5, 0.6) is 5.75 Å². The molecule has 1 aliphatic rings. The summed E-state index contributed by atoms with van der Waals surface area (Å²) in [6, 6.07) is 10.0. The van der Waals surface area contributed by atoms with Gasteiger partial charge in [-0.15, -0.1) is 23.5 Å². The van der Waals surface area contributed by atoms with Crippen LogP contribution >= 0.6 is 23.5 Å². The molecule has 0 aliphatic carbocycles. The Balaban J connectivity index is 1.46. The normalized spacial score (nSPS) is 14.6. The van der Waals surface area contributed by atoms with Crippen molar-refractivity contribution in [2.45, 2.75) is 25.0 Å². The van der Waals surface area contributed by atoms with Crippen LogP contribution in [0.4, 0.5) is 0 Å². The van der Waals surface area contributed by atoms with Crippen LogP contribution in [-0.2, 0) is 16.1 Å². The molecule has 0 unspecified atom stereocenters. The maximum Gasteiger partial charge on any atom is 0.277 e. The minimum Gasteiger partial charge on any atom is -0.484 e. The molecule has 2 aromatic rings. The van der Waals surface area contributed by atoms with E-state index in [2.05, 4.69) is 27.2 Å². The lowest BCUT2D eigenvalue weighted by molar-refractivity contribution is -0.123. The van der Waals surface area contributed by atoms with Crippen molar-refractivity contribution >= 4 is 35.6 Å². The highest BCUT2D eigenvalue weighted by molar-refractivity contribution is 8.19. The van der Waals surface area contributed by atoms with E-state index in [0.29, 0.717) is 16.9 Å². The zero-order valence-corrected chi connectivity index (χ0v) is 18.6. The Labute approximate surface area is 180 Å². The number of carbonyl (C=O) groups excluding carboxylic acids is 1. The number of methoxy groups -OCH3 is 1. The van der Waals surface area contributed by atoms with Gasteiger partial charge in [0.2, 0.25) is 0 Å². The van der Waals surface area contributed by atoms with Crippen molar-refractivity contribution in [3.05, 3.63) is 52.8 Å². The van der Waals surface area contributed by atoms with E-state index >= 15 is 0 Å². The third kappa shape index (κ3) is 6.04. The molecule has 1 N–H and O–H groups in total. The van der Waals surface area contributed by atoms with E-state index in [1.165, 1.54) is 17.1 Å². The van der Waals surface area contributed by atoms with Gasteiger partial charge in [-0.05, 0) is 37.6 Å². The van der Waals surface area contributed by atoms with Crippen LogP contribution in [0.3, 0.4) is 0 Å². The maximum atomic E-state index is 12.0. The zero-order chi connectivity index (χ0) is 20.6. The molecule has 1 saturated heterocycles. The summed E-state index contributed by atoms with van der Waals surface area (Å²) in [6.45, 7) is 5.44. The number of hydrazone groups is 1. The number of nitrogens with one attached hydrogen (secondary N) is 1. The molecule has 2 heterocycles. The summed E-state index contributed by atoms with van der Waals surface area (Å²) < 4.78 is 13.4. The topological polar surface area (TPSA) is 64.8 Å². The van der Waals surface area contributed by atoms with Crippen LogP contribution in [0.1, 0.15) is 27.1 Å². The highest BCUT2D eigenvalue weighted by Crippen LogP contribution is 2.45. The molecule has 1 aliphatic heterocycles. The van der Waals surface area contributed by atoms with Crippen molar-refractivity contribution in [2.75, 3.05) is 31.8 Å². The molecule has 0 radical (unpaired) electrons. The van der Waals surface area contributed by atoms with Gasteiger partial charge in [0.25, 0.3) is 5.91 Å². The average Bonchev–Trinajstić information content (AvgIpc) is 3.35. The van der Waals surface area contributed by atoms with Gasteiger partial charge in [-0.2, -0.15) is 5.10 Å². The van der Waals surface area contributed by atoms with Gasteiger partial charge >= 0.3 is 0 Å². The van der Waals surface area contributed by atoms with Crippen molar-refractivity contribution in [2.24, 2.45) is 5.10 Å². The summed E-state index contributed by atoms with van der Waals surface area (Å²) in [5, 5.41) is 4.06. The number of nitrogens with zero attached hydrogens (tertiary/aromatic N) is 2. The van der Waals surface area contributed by atoms with E-state index in [9.17, 15) is 4.79 Å². The maximum absolute atomic E-state index is 12.0. The molecule has 3 rings (SSSR count). The van der Waals surface area contributed by atoms with Gasteiger partial charge in [-0.1, -0.05) is 12.1 Å². The number of hydrogen-bond donors (Lipinski definition) is 1. The summed E-state index contributed by atoms with van der Waals surface area (Å²) in [5.41, 5.74) is 7.01. The molecule has 0 spiro atoms. The van der Waals surface area contributed by atoms with Crippen molar-refractivity contribution in [3.8, 4) is 5.75 Å². The SMILES string of the molecule is COCCn1c(C)cc(/C=N\NC(=O)COc2ccc(C3SCCS3)cc2)c1C. The Hall–Kier alpha value is -1.90. The molecule has 1 aromatic carbocycles. The number of rotatable bonds is 9. The predicted molar refractivity (Wildman–Crippen MR) is 121 cm³/mol. The molecule has 8 heteroatoms. The largest absolute Gasteiger partial charge is 0.484 e. The van der Waals surface area contributed by atoms with Crippen LogP contribution in [0.15, 0.2) is 35.4 Å². The van der Waals surface area contributed by atoms with Gasteiger partial charge in [-0.3, -0.25) is 4.79 Å². The summed E-state index contributed by atoms with van der Waals surface area (Å²) in [6.07, 6.45) is 1.66.